The first-order chi connectivity index (χ1) is 4.78. The fourth-order valence-electron chi connectivity index (χ4n) is 1.54. The Morgan fingerprint density at radius 2 is 2.45 bits per heavy atom. The van der Waals surface area contributed by atoms with Crippen molar-refractivity contribution in [1.82, 2.24) is 0 Å². The van der Waals surface area contributed by atoms with Crippen LogP contribution in [0.3, 0.4) is 0 Å². The minimum Gasteiger partial charge on any atom is -0.541 e. The van der Waals surface area contributed by atoms with E-state index >= 15 is 0 Å². The maximum Gasteiger partial charge on any atom is 0.0848 e. The Balaban J connectivity index is 0.000000605. The minimum absolute atomic E-state index is 0. The molecule has 4 heteroatoms. The van der Waals surface area contributed by atoms with Crippen LogP contribution in [-0.2, 0) is 9.47 Å². The number of aliphatic hydroxyl groups excluding tert-OH is 1. The van der Waals surface area contributed by atoms with E-state index in [1.807, 2.05) is 6.92 Å². The summed E-state index contributed by atoms with van der Waals surface area (Å²) in [5.74, 6) is 0.303. The Morgan fingerprint density at radius 1 is 1.73 bits per heavy atom. The SMILES string of the molecule is CC1C2[CH-]O[C@@]1(CO)CO2.[U]. The third-order valence-corrected chi connectivity index (χ3v) is 2.55. The summed E-state index contributed by atoms with van der Waals surface area (Å²) in [6.07, 6.45) is 0.104. The van der Waals surface area contributed by atoms with Crippen LogP contribution in [0.2, 0.25) is 0 Å². The van der Waals surface area contributed by atoms with Crippen molar-refractivity contribution in [3.05, 3.63) is 6.61 Å². The van der Waals surface area contributed by atoms with E-state index in [-0.39, 0.29) is 43.8 Å². The molecule has 2 heterocycles. The summed E-state index contributed by atoms with van der Waals surface area (Å²) in [7, 11) is 0. The largest absolute Gasteiger partial charge is 0.541 e. The molecule has 0 amide bonds. The molecule has 0 aromatic heterocycles. The second kappa shape index (κ2) is 3.35. The first kappa shape index (κ1) is 10.0. The summed E-state index contributed by atoms with van der Waals surface area (Å²) < 4.78 is 10.6. The number of aliphatic hydroxyl groups is 1. The molecule has 2 saturated heterocycles. The van der Waals surface area contributed by atoms with E-state index in [9.17, 15) is 0 Å². The van der Waals surface area contributed by atoms with Gasteiger partial charge in [-0.2, -0.15) is 6.61 Å². The molecule has 3 atom stereocenters. The molecule has 0 aromatic carbocycles. The van der Waals surface area contributed by atoms with E-state index in [0.717, 1.165) is 0 Å². The quantitative estimate of drug-likeness (QED) is 0.648. The van der Waals surface area contributed by atoms with Gasteiger partial charge >= 0.3 is 0 Å². The molecule has 62 valence electrons. The molecule has 0 aliphatic carbocycles. The van der Waals surface area contributed by atoms with Crippen molar-refractivity contribution in [2.24, 2.45) is 5.92 Å². The van der Waals surface area contributed by atoms with Gasteiger partial charge in [0.2, 0.25) is 0 Å². The van der Waals surface area contributed by atoms with Gasteiger partial charge in [0.25, 0.3) is 0 Å². The van der Waals surface area contributed by atoms with Gasteiger partial charge in [-0.25, -0.2) is 0 Å². The number of hydrogen-bond acceptors (Lipinski definition) is 3. The molecule has 11 heavy (non-hydrogen) atoms. The number of hydrogen-bond donors (Lipinski definition) is 1. The van der Waals surface area contributed by atoms with Crippen molar-refractivity contribution in [1.29, 1.82) is 0 Å². The van der Waals surface area contributed by atoms with Crippen molar-refractivity contribution in [3.8, 4) is 0 Å². The third kappa shape index (κ3) is 1.30. The molecule has 0 radical (unpaired) electrons. The fraction of sp³-hybridized carbons (Fsp3) is 0.857. The van der Waals surface area contributed by atoms with Gasteiger partial charge in [0.05, 0.1) is 18.8 Å². The number of fused-ring (bicyclic) bond motifs is 2. The maximum absolute atomic E-state index is 8.99. The normalized spacial score (nSPS) is 47.5. The zero-order chi connectivity index (χ0) is 7.19. The molecule has 1 N–H and O–H groups in total. The Labute approximate surface area is 89.8 Å². The van der Waals surface area contributed by atoms with E-state index in [1.54, 1.807) is 6.61 Å². The Kier molecular flexibility index (Phi) is 3.05. The van der Waals surface area contributed by atoms with Crippen molar-refractivity contribution < 1.29 is 45.7 Å². The van der Waals surface area contributed by atoms with E-state index in [1.165, 1.54) is 0 Å². The van der Waals surface area contributed by atoms with Crippen LogP contribution in [0.4, 0.5) is 0 Å². The summed E-state index contributed by atoms with van der Waals surface area (Å²) in [5.41, 5.74) is -0.412. The van der Waals surface area contributed by atoms with Crippen molar-refractivity contribution in [3.63, 3.8) is 0 Å². The van der Waals surface area contributed by atoms with Crippen molar-refractivity contribution >= 4 is 0 Å². The molecular weight excluding hydrogens is 370 g/mol. The first-order valence-corrected chi connectivity index (χ1v) is 3.52. The van der Waals surface area contributed by atoms with Crippen molar-refractivity contribution in [2.45, 2.75) is 18.6 Å². The van der Waals surface area contributed by atoms with Gasteiger partial charge in [0.15, 0.2) is 0 Å². The van der Waals surface area contributed by atoms with Crippen LogP contribution in [0.25, 0.3) is 0 Å². The fourth-order valence-corrected chi connectivity index (χ4v) is 1.54. The smallest absolute Gasteiger partial charge is 0.0848 e. The molecule has 2 bridgehead atoms. The molecule has 0 aromatic rings. The van der Waals surface area contributed by atoms with Gasteiger partial charge in [-0.05, 0) is 12.0 Å². The predicted octanol–water partition coefficient (Wildman–Crippen LogP) is -0.0556. The maximum atomic E-state index is 8.99. The van der Waals surface area contributed by atoms with E-state index in [4.69, 9.17) is 14.6 Å². The van der Waals surface area contributed by atoms with Crippen LogP contribution in [0.5, 0.6) is 0 Å². The first-order valence-electron chi connectivity index (χ1n) is 3.52. The van der Waals surface area contributed by atoms with Gasteiger partial charge in [0.1, 0.15) is 0 Å². The standard InChI is InChI=1S/C7H11O3.U/c1-5-6-2-10-7(5,3-8)4-9-6;/h2,5-6,8H,3-4H2,1H3;/q-1;/t5?,6?,7-;/m0./s1. The van der Waals surface area contributed by atoms with Crippen LogP contribution in [0.1, 0.15) is 6.92 Å². The monoisotopic (exact) mass is 381 g/mol. The zero-order valence-electron chi connectivity index (χ0n) is 6.41. The van der Waals surface area contributed by atoms with Gasteiger partial charge in [-0.3, -0.25) is 0 Å². The molecule has 0 spiro atoms. The predicted molar refractivity (Wildman–Crippen MR) is 34.1 cm³/mol. The second-order valence-corrected chi connectivity index (χ2v) is 3.04. The topological polar surface area (TPSA) is 38.7 Å². The Bertz CT molecular complexity index is 143. The average molecular weight is 381 g/mol. The van der Waals surface area contributed by atoms with E-state index in [0.29, 0.717) is 12.5 Å². The summed E-state index contributed by atoms with van der Waals surface area (Å²) in [6.45, 7) is 4.31. The van der Waals surface area contributed by atoms with Gasteiger partial charge in [-0.1, -0.05) is 6.92 Å². The zero-order valence-corrected chi connectivity index (χ0v) is 10.6. The van der Waals surface area contributed by atoms with Crippen LogP contribution < -0.4 is 0 Å². The molecule has 3 nitrogen and oxygen atoms in total. The molecule has 0 saturated carbocycles. The van der Waals surface area contributed by atoms with Gasteiger partial charge in [0, 0.05) is 31.1 Å². The minimum atomic E-state index is -0.412. The van der Waals surface area contributed by atoms with Crippen LogP contribution >= 0.6 is 0 Å². The van der Waals surface area contributed by atoms with Crippen LogP contribution in [0.15, 0.2) is 0 Å². The van der Waals surface area contributed by atoms with E-state index < -0.39 is 5.60 Å². The van der Waals surface area contributed by atoms with Gasteiger partial charge < -0.3 is 14.6 Å². The van der Waals surface area contributed by atoms with Crippen LogP contribution in [0, 0.1) is 43.6 Å². The summed E-state index contributed by atoms with van der Waals surface area (Å²) in [5, 5.41) is 8.99. The molecule has 2 rings (SSSR count). The number of ether oxygens (including phenoxy) is 2. The van der Waals surface area contributed by atoms with E-state index in [2.05, 4.69) is 0 Å². The Morgan fingerprint density at radius 3 is 2.64 bits per heavy atom. The third-order valence-electron chi connectivity index (χ3n) is 2.55. The van der Waals surface area contributed by atoms with Crippen molar-refractivity contribution in [2.75, 3.05) is 13.2 Å². The Hall–Kier alpha value is 0.932. The summed E-state index contributed by atoms with van der Waals surface area (Å²) in [6, 6.07) is 0. The molecule has 2 fully saturated rings. The summed E-state index contributed by atoms with van der Waals surface area (Å²) >= 11 is 0. The molecular formula is C7H11O3U-. The number of rotatable bonds is 1. The van der Waals surface area contributed by atoms with Crippen LogP contribution in [-0.4, -0.2) is 30.0 Å². The molecule has 2 aliphatic rings. The van der Waals surface area contributed by atoms with Gasteiger partial charge in [-0.15, -0.1) is 0 Å². The molecule has 2 unspecified atom stereocenters. The summed E-state index contributed by atoms with van der Waals surface area (Å²) in [4.78, 5) is 0. The second-order valence-electron chi connectivity index (χ2n) is 3.04. The average Bonchev–Trinajstić information content (AvgIpc) is 2.46. The molecule has 2 aliphatic heterocycles.